The first-order valence-electron chi connectivity index (χ1n) is 7.98. The van der Waals surface area contributed by atoms with Crippen LogP contribution in [0.1, 0.15) is 35.7 Å². The molecule has 3 aromatic rings. The molecule has 2 N–H and O–H groups in total. The predicted octanol–water partition coefficient (Wildman–Crippen LogP) is 4.24. The molecule has 0 bridgehead atoms. The fraction of sp³-hybridized carbons (Fsp3) is 0.333. The molecule has 0 radical (unpaired) electrons. The van der Waals surface area contributed by atoms with E-state index >= 15 is 0 Å². The minimum Gasteiger partial charge on any atom is -0.497 e. The van der Waals surface area contributed by atoms with Crippen molar-refractivity contribution >= 4 is 22.7 Å². The number of aryl methyl sites for hydroxylation is 3. The molecular formula is C18H21N3O4. The summed E-state index contributed by atoms with van der Waals surface area (Å²) >= 11 is 0. The Morgan fingerprint density at radius 1 is 1.28 bits per heavy atom. The second kappa shape index (κ2) is 6.51. The zero-order valence-corrected chi connectivity index (χ0v) is 14.9. The van der Waals surface area contributed by atoms with Crippen LogP contribution in [0.5, 0.6) is 5.75 Å². The van der Waals surface area contributed by atoms with E-state index in [0.29, 0.717) is 22.9 Å². The normalized spacial score (nSPS) is 12.2. The van der Waals surface area contributed by atoms with E-state index in [9.17, 15) is 4.79 Å². The third kappa shape index (κ3) is 3.17. The van der Waals surface area contributed by atoms with Crippen molar-refractivity contribution in [3.63, 3.8) is 0 Å². The molecule has 25 heavy (non-hydrogen) atoms. The van der Waals surface area contributed by atoms with Gasteiger partial charge in [0.05, 0.1) is 13.2 Å². The lowest BCUT2D eigenvalue weighted by atomic mass is 10.1. The van der Waals surface area contributed by atoms with Gasteiger partial charge in [0.15, 0.2) is 5.76 Å². The molecular weight excluding hydrogens is 322 g/mol. The Bertz CT molecular complexity index is 906. The highest BCUT2D eigenvalue weighted by molar-refractivity contribution is 5.91. The molecule has 3 rings (SSSR count). The number of hydrogen-bond donors (Lipinski definition) is 2. The monoisotopic (exact) mass is 343 g/mol. The Morgan fingerprint density at radius 3 is 2.68 bits per heavy atom. The molecule has 132 valence electrons. The molecule has 0 fully saturated rings. The number of carbonyl (C=O) groups excluding carboxylic acids is 1. The number of hydrogen-bond acceptors (Lipinski definition) is 5. The van der Waals surface area contributed by atoms with Gasteiger partial charge in [0.2, 0.25) is 0 Å². The fourth-order valence-electron chi connectivity index (χ4n) is 2.83. The maximum atomic E-state index is 12.3. The minimum absolute atomic E-state index is 0.307. The molecule has 0 unspecified atom stereocenters. The first-order valence-corrected chi connectivity index (χ1v) is 7.98. The number of methoxy groups -OCH3 is 1. The molecule has 0 saturated carbocycles. The molecule has 0 aliphatic carbocycles. The number of carbonyl (C=O) groups is 1. The zero-order valence-electron chi connectivity index (χ0n) is 14.9. The summed E-state index contributed by atoms with van der Waals surface area (Å²) in [6.45, 7) is 7.35. The van der Waals surface area contributed by atoms with Crippen LogP contribution in [0.25, 0.3) is 11.0 Å². The summed E-state index contributed by atoms with van der Waals surface area (Å²) in [7, 11) is 1.63. The van der Waals surface area contributed by atoms with Crippen LogP contribution < -0.4 is 15.4 Å². The first-order chi connectivity index (χ1) is 11.9. The van der Waals surface area contributed by atoms with Crippen LogP contribution in [0, 0.1) is 20.8 Å². The number of furan rings is 1. The molecule has 2 aromatic heterocycles. The predicted molar refractivity (Wildman–Crippen MR) is 94.0 cm³/mol. The average molecular weight is 343 g/mol. The second-order valence-corrected chi connectivity index (χ2v) is 5.97. The third-order valence-corrected chi connectivity index (χ3v) is 4.19. The van der Waals surface area contributed by atoms with E-state index in [2.05, 4.69) is 15.8 Å². The van der Waals surface area contributed by atoms with Crippen LogP contribution >= 0.6 is 0 Å². The maximum Gasteiger partial charge on any atom is 0.319 e. The Kier molecular flexibility index (Phi) is 4.39. The summed E-state index contributed by atoms with van der Waals surface area (Å²) < 4.78 is 16.2. The van der Waals surface area contributed by atoms with E-state index in [1.165, 1.54) is 0 Å². The van der Waals surface area contributed by atoms with Gasteiger partial charge in [-0.05, 0) is 45.9 Å². The summed E-state index contributed by atoms with van der Waals surface area (Å²) in [5.74, 6) is 2.03. The lowest BCUT2D eigenvalue weighted by molar-refractivity contribution is 0.247. The minimum atomic E-state index is -0.348. The number of nitrogens with one attached hydrogen (secondary N) is 2. The van der Waals surface area contributed by atoms with E-state index in [1.54, 1.807) is 21.0 Å². The third-order valence-electron chi connectivity index (χ3n) is 4.19. The van der Waals surface area contributed by atoms with E-state index in [4.69, 9.17) is 13.7 Å². The van der Waals surface area contributed by atoms with Gasteiger partial charge < -0.3 is 24.3 Å². The SMILES string of the molecule is COc1ccc2oc([C@@H](C)NC(=O)Nc3c(C)noc3C)c(C)c2c1. The van der Waals surface area contributed by atoms with Crippen LogP contribution in [0.3, 0.4) is 0 Å². The van der Waals surface area contributed by atoms with Gasteiger partial charge in [-0.1, -0.05) is 5.16 Å². The molecule has 0 spiro atoms. The molecule has 7 heteroatoms. The van der Waals surface area contributed by atoms with Crippen molar-refractivity contribution in [3.05, 3.63) is 41.0 Å². The van der Waals surface area contributed by atoms with Crippen LogP contribution in [-0.4, -0.2) is 18.3 Å². The van der Waals surface area contributed by atoms with E-state index in [-0.39, 0.29) is 12.1 Å². The van der Waals surface area contributed by atoms with Crippen molar-refractivity contribution in [1.82, 2.24) is 10.5 Å². The van der Waals surface area contributed by atoms with Crippen LogP contribution in [0.4, 0.5) is 10.5 Å². The van der Waals surface area contributed by atoms with Crippen molar-refractivity contribution in [2.75, 3.05) is 12.4 Å². The second-order valence-electron chi connectivity index (χ2n) is 5.97. The summed E-state index contributed by atoms with van der Waals surface area (Å²) in [4.78, 5) is 12.3. The van der Waals surface area contributed by atoms with Crippen molar-refractivity contribution < 1.29 is 18.5 Å². The van der Waals surface area contributed by atoms with Crippen LogP contribution in [0.2, 0.25) is 0 Å². The largest absolute Gasteiger partial charge is 0.497 e. The Morgan fingerprint density at radius 2 is 2.04 bits per heavy atom. The average Bonchev–Trinajstić information content (AvgIpc) is 3.08. The van der Waals surface area contributed by atoms with Crippen molar-refractivity contribution in [2.45, 2.75) is 33.7 Å². The number of amides is 2. The molecule has 0 aliphatic heterocycles. The van der Waals surface area contributed by atoms with Gasteiger partial charge in [0.25, 0.3) is 0 Å². The number of anilines is 1. The number of nitrogens with zero attached hydrogens (tertiary/aromatic N) is 1. The summed E-state index contributed by atoms with van der Waals surface area (Å²) in [5, 5.41) is 10.4. The number of aromatic nitrogens is 1. The Labute approximate surface area is 145 Å². The van der Waals surface area contributed by atoms with E-state index in [1.807, 2.05) is 32.0 Å². The zero-order chi connectivity index (χ0) is 18.1. The van der Waals surface area contributed by atoms with E-state index < -0.39 is 0 Å². The van der Waals surface area contributed by atoms with Crippen molar-refractivity contribution in [2.24, 2.45) is 0 Å². The molecule has 0 aliphatic rings. The summed E-state index contributed by atoms with van der Waals surface area (Å²) in [6, 6.07) is 4.98. The Hall–Kier alpha value is -2.96. The van der Waals surface area contributed by atoms with Gasteiger partial charge in [0.1, 0.15) is 28.5 Å². The first kappa shape index (κ1) is 16.9. The van der Waals surface area contributed by atoms with Crippen LogP contribution in [0.15, 0.2) is 27.1 Å². The van der Waals surface area contributed by atoms with Crippen molar-refractivity contribution in [1.29, 1.82) is 0 Å². The molecule has 7 nitrogen and oxygen atoms in total. The topological polar surface area (TPSA) is 89.5 Å². The molecule has 2 amide bonds. The molecule has 1 atom stereocenters. The lowest BCUT2D eigenvalue weighted by Gasteiger charge is -2.13. The maximum absolute atomic E-state index is 12.3. The number of benzene rings is 1. The van der Waals surface area contributed by atoms with Gasteiger partial charge in [-0.3, -0.25) is 0 Å². The van der Waals surface area contributed by atoms with Gasteiger partial charge in [-0.15, -0.1) is 0 Å². The van der Waals surface area contributed by atoms with Crippen molar-refractivity contribution in [3.8, 4) is 5.75 Å². The van der Waals surface area contributed by atoms with Gasteiger partial charge in [0, 0.05) is 10.9 Å². The highest BCUT2D eigenvalue weighted by Gasteiger charge is 2.20. The van der Waals surface area contributed by atoms with Gasteiger partial charge in [-0.2, -0.15) is 0 Å². The highest BCUT2D eigenvalue weighted by atomic mass is 16.5. The lowest BCUT2D eigenvalue weighted by Crippen LogP contribution is -2.31. The number of fused-ring (bicyclic) bond motifs is 1. The molecule has 0 saturated heterocycles. The van der Waals surface area contributed by atoms with Crippen LogP contribution in [-0.2, 0) is 0 Å². The van der Waals surface area contributed by atoms with Gasteiger partial charge in [-0.25, -0.2) is 4.79 Å². The quantitative estimate of drug-likeness (QED) is 0.739. The molecule has 2 heterocycles. The molecule has 1 aromatic carbocycles. The van der Waals surface area contributed by atoms with Gasteiger partial charge >= 0.3 is 6.03 Å². The summed E-state index contributed by atoms with van der Waals surface area (Å²) in [6.07, 6.45) is 0. The Balaban J connectivity index is 1.79. The summed E-state index contributed by atoms with van der Waals surface area (Å²) in [5.41, 5.74) is 2.94. The number of rotatable bonds is 4. The fourth-order valence-corrected chi connectivity index (χ4v) is 2.83. The number of urea groups is 1. The smallest absolute Gasteiger partial charge is 0.319 e. The standard InChI is InChI=1S/C18H21N3O4/c1-9-14-8-13(23-5)6-7-15(14)24-17(9)11(3)19-18(22)20-16-10(2)21-25-12(16)4/h6-8,11H,1-5H3,(H2,19,20,22)/t11-/m1/s1. The van der Waals surface area contributed by atoms with E-state index in [0.717, 1.165) is 22.3 Å². The number of ether oxygens (including phenoxy) is 1. The highest BCUT2D eigenvalue weighted by Crippen LogP contribution is 2.32.